The quantitative estimate of drug-likeness (QED) is 0.786. The number of hydrogen-bond acceptors (Lipinski definition) is 3. The van der Waals surface area contributed by atoms with Crippen LogP contribution in [0.2, 0.25) is 0 Å². The second-order valence-corrected chi connectivity index (χ2v) is 7.23. The number of aryl methyl sites for hydroxylation is 1. The Morgan fingerprint density at radius 1 is 1.37 bits per heavy atom. The lowest BCUT2D eigenvalue weighted by Crippen LogP contribution is -2.27. The molecule has 2 nitrogen and oxygen atoms in total. The number of nitrogens with two attached hydrogens (primary N) is 1. The minimum Gasteiger partial charge on any atom is -0.397 e. The Morgan fingerprint density at radius 2 is 2.11 bits per heavy atom. The average molecular weight is 339 g/mol. The molecule has 0 saturated carbocycles. The van der Waals surface area contributed by atoms with Crippen molar-refractivity contribution >= 4 is 38.6 Å². The number of hydrogen-bond donors (Lipinski definition) is 2. The smallest absolute Gasteiger partial charge is 0.0603 e. The summed E-state index contributed by atoms with van der Waals surface area (Å²) in [6.45, 7) is 7.42. The molecule has 102 valence electrons. The van der Waals surface area contributed by atoms with Crippen LogP contribution in [0.1, 0.15) is 24.3 Å². The van der Waals surface area contributed by atoms with E-state index in [-0.39, 0.29) is 5.41 Å². The number of benzene rings is 1. The van der Waals surface area contributed by atoms with Crippen molar-refractivity contribution in [3.05, 3.63) is 44.6 Å². The molecule has 3 N–H and O–H groups in total. The number of nitrogens with one attached hydrogen (secondary N) is 1. The molecule has 0 aliphatic heterocycles. The van der Waals surface area contributed by atoms with Crippen molar-refractivity contribution in [1.82, 2.24) is 0 Å². The Bertz CT molecular complexity index is 555. The summed E-state index contributed by atoms with van der Waals surface area (Å²) in [7, 11) is 0. The maximum absolute atomic E-state index is 6.03. The fourth-order valence-corrected chi connectivity index (χ4v) is 3.55. The summed E-state index contributed by atoms with van der Waals surface area (Å²) in [6, 6.07) is 8.18. The first kappa shape index (κ1) is 14.4. The van der Waals surface area contributed by atoms with Gasteiger partial charge in [0.2, 0.25) is 0 Å². The molecule has 0 unspecified atom stereocenters. The van der Waals surface area contributed by atoms with Crippen LogP contribution in [0, 0.1) is 6.92 Å². The summed E-state index contributed by atoms with van der Waals surface area (Å²) in [5, 5.41) is 5.62. The summed E-state index contributed by atoms with van der Waals surface area (Å²) in [5.74, 6) is 0. The van der Waals surface area contributed by atoms with E-state index in [1.807, 2.05) is 12.1 Å². The zero-order chi connectivity index (χ0) is 14.0. The maximum Gasteiger partial charge on any atom is 0.0603 e. The summed E-state index contributed by atoms with van der Waals surface area (Å²) in [4.78, 5) is 1.36. The molecule has 1 aromatic carbocycles. The zero-order valence-electron chi connectivity index (χ0n) is 11.5. The predicted octanol–water partition coefficient (Wildman–Crippen LogP) is 4.79. The van der Waals surface area contributed by atoms with Crippen molar-refractivity contribution in [3.8, 4) is 0 Å². The molecule has 4 heteroatoms. The van der Waals surface area contributed by atoms with Crippen LogP contribution in [-0.2, 0) is 5.41 Å². The van der Waals surface area contributed by atoms with Crippen LogP contribution in [0.25, 0.3) is 0 Å². The fraction of sp³-hybridized carbons (Fsp3) is 0.333. The highest BCUT2D eigenvalue weighted by Crippen LogP contribution is 2.32. The van der Waals surface area contributed by atoms with E-state index in [0.29, 0.717) is 0 Å². The van der Waals surface area contributed by atoms with Crippen LogP contribution in [0.5, 0.6) is 0 Å². The largest absolute Gasteiger partial charge is 0.397 e. The number of nitrogen functional groups attached to an aromatic ring is 1. The van der Waals surface area contributed by atoms with Crippen LogP contribution in [0.3, 0.4) is 0 Å². The van der Waals surface area contributed by atoms with Crippen LogP contribution < -0.4 is 11.1 Å². The Morgan fingerprint density at radius 3 is 2.68 bits per heavy atom. The van der Waals surface area contributed by atoms with E-state index in [1.165, 1.54) is 10.4 Å². The van der Waals surface area contributed by atoms with Crippen molar-refractivity contribution < 1.29 is 0 Å². The Labute approximate surface area is 127 Å². The van der Waals surface area contributed by atoms with Gasteiger partial charge in [-0.15, -0.1) is 11.3 Å². The maximum atomic E-state index is 6.03. The van der Waals surface area contributed by atoms with Gasteiger partial charge in [-0.25, -0.2) is 0 Å². The van der Waals surface area contributed by atoms with E-state index in [1.54, 1.807) is 11.3 Å². The molecule has 0 aliphatic carbocycles. The second-order valence-electron chi connectivity index (χ2n) is 5.41. The van der Waals surface area contributed by atoms with Gasteiger partial charge in [-0.05, 0) is 40.5 Å². The van der Waals surface area contributed by atoms with E-state index in [9.17, 15) is 0 Å². The molecule has 2 aromatic rings. The zero-order valence-corrected chi connectivity index (χ0v) is 13.9. The van der Waals surface area contributed by atoms with Gasteiger partial charge in [0, 0.05) is 26.7 Å². The third kappa shape index (κ3) is 3.31. The SMILES string of the molecule is Cc1cccc(N)c1NCC(C)(C)c1cc(Br)cs1. The summed E-state index contributed by atoms with van der Waals surface area (Å²) >= 11 is 5.30. The molecule has 0 radical (unpaired) electrons. The second kappa shape index (κ2) is 5.55. The standard InChI is InChI=1S/C15H19BrN2S/c1-10-5-4-6-12(17)14(10)18-9-15(2,3)13-7-11(16)8-19-13/h4-8,18H,9,17H2,1-3H3. The van der Waals surface area contributed by atoms with Gasteiger partial charge in [0.15, 0.2) is 0 Å². The molecule has 0 fully saturated rings. The summed E-state index contributed by atoms with van der Waals surface area (Å²) in [6.07, 6.45) is 0. The summed E-state index contributed by atoms with van der Waals surface area (Å²) < 4.78 is 1.15. The van der Waals surface area contributed by atoms with Crippen molar-refractivity contribution in [2.45, 2.75) is 26.2 Å². The third-order valence-electron chi connectivity index (χ3n) is 3.25. The Kier molecular flexibility index (Phi) is 4.21. The first-order chi connectivity index (χ1) is 8.90. The van der Waals surface area contributed by atoms with E-state index >= 15 is 0 Å². The number of halogens is 1. The van der Waals surface area contributed by atoms with Gasteiger partial charge in [0.1, 0.15) is 0 Å². The van der Waals surface area contributed by atoms with Gasteiger partial charge in [-0.2, -0.15) is 0 Å². The molecule has 19 heavy (non-hydrogen) atoms. The molecule has 0 saturated heterocycles. The van der Waals surface area contributed by atoms with Gasteiger partial charge < -0.3 is 11.1 Å². The highest BCUT2D eigenvalue weighted by molar-refractivity contribution is 9.10. The van der Waals surface area contributed by atoms with Crippen LogP contribution in [0.4, 0.5) is 11.4 Å². The summed E-state index contributed by atoms with van der Waals surface area (Å²) in [5.41, 5.74) is 9.14. The topological polar surface area (TPSA) is 38.0 Å². The van der Waals surface area contributed by atoms with Gasteiger partial charge >= 0.3 is 0 Å². The van der Waals surface area contributed by atoms with E-state index in [0.717, 1.165) is 22.4 Å². The van der Waals surface area contributed by atoms with E-state index in [2.05, 4.69) is 59.5 Å². The molecule has 0 atom stereocenters. The predicted molar refractivity (Wildman–Crippen MR) is 89.1 cm³/mol. The number of thiophene rings is 1. The molecule has 0 spiro atoms. The minimum absolute atomic E-state index is 0.0748. The Hall–Kier alpha value is -1.000. The first-order valence-corrected chi connectivity index (χ1v) is 7.91. The Balaban J connectivity index is 2.14. The van der Waals surface area contributed by atoms with E-state index in [4.69, 9.17) is 5.73 Å². The van der Waals surface area contributed by atoms with Gasteiger partial charge in [0.25, 0.3) is 0 Å². The van der Waals surface area contributed by atoms with Crippen LogP contribution in [0.15, 0.2) is 34.1 Å². The van der Waals surface area contributed by atoms with E-state index < -0.39 is 0 Å². The molecule has 1 aromatic heterocycles. The first-order valence-electron chi connectivity index (χ1n) is 6.23. The van der Waals surface area contributed by atoms with Gasteiger partial charge in [-0.1, -0.05) is 26.0 Å². The van der Waals surface area contributed by atoms with Crippen LogP contribution in [-0.4, -0.2) is 6.54 Å². The molecule has 0 aliphatic rings. The monoisotopic (exact) mass is 338 g/mol. The van der Waals surface area contributed by atoms with Crippen molar-refractivity contribution in [2.24, 2.45) is 0 Å². The lowest BCUT2D eigenvalue weighted by Gasteiger charge is -2.25. The highest BCUT2D eigenvalue weighted by Gasteiger charge is 2.22. The lowest BCUT2D eigenvalue weighted by molar-refractivity contribution is 0.569. The minimum atomic E-state index is 0.0748. The number of anilines is 2. The molecule has 2 rings (SSSR count). The normalized spacial score (nSPS) is 11.6. The van der Waals surface area contributed by atoms with Gasteiger partial charge in [0.05, 0.1) is 11.4 Å². The van der Waals surface area contributed by atoms with Gasteiger partial charge in [-0.3, -0.25) is 0 Å². The average Bonchev–Trinajstić information content (AvgIpc) is 2.76. The number of rotatable bonds is 4. The molecule has 0 amide bonds. The highest BCUT2D eigenvalue weighted by atomic mass is 79.9. The molecular weight excluding hydrogens is 320 g/mol. The van der Waals surface area contributed by atoms with Crippen molar-refractivity contribution in [3.63, 3.8) is 0 Å². The number of para-hydroxylation sites is 1. The fourth-order valence-electron chi connectivity index (χ4n) is 2.00. The lowest BCUT2D eigenvalue weighted by atomic mass is 9.91. The third-order valence-corrected chi connectivity index (χ3v) is 5.30. The molecule has 1 heterocycles. The molecular formula is C15H19BrN2S. The van der Waals surface area contributed by atoms with Crippen molar-refractivity contribution in [2.75, 3.05) is 17.6 Å². The van der Waals surface area contributed by atoms with Crippen LogP contribution >= 0.6 is 27.3 Å². The molecule has 0 bridgehead atoms. The van der Waals surface area contributed by atoms with Crippen molar-refractivity contribution in [1.29, 1.82) is 0 Å².